The molecular formula is C32H26N4O7. The Morgan fingerprint density at radius 1 is 0.791 bits per heavy atom. The fourth-order valence-corrected chi connectivity index (χ4v) is 4.46. The first-order valence-electron chi connectivity index (χ1n) is 13.3. The van der Waals surface area contributed by atoms with Crippen molar-refractivity contribution in [1.82, 2.24) is 19.5 Å². The summed E-state index contributed by atoms with van der Waals surface area (Å²) in [6.45, 7) is 3.44. The van der Waals surface area contributed by atoms with Crippen LogP contribution in [0.25, 0.3) is 11.2 Å². The maximum Gasteiger partial charge on any atom is 0.303 e. The number of aromatic nitrogens is 4. The number of carbonyl (C=O) groups excluding carboxylic acids is 3. The molecule has 1 aliphatic heterocycles. The lowest BCUT2D eigenvalue weighted by Gasteiger charge is -2.23. The van der Waals surface area contributed by atoms with Gasteiger partial charge in [0, 0.05) is 31.9 Å². The van der Waals surface area contributed by atoms with Crippen molar-refractivity contribution in [3.63, 3.8) is 0 Å². The second kappa shape index (κ2) is 13.0. The maximum atomic E-state index is 12.1. The predicted molar refractivity (Wildman–Crippen MR) is 152 cm³/mol. The van der Waals surface area contributed by atoms with Crippen LogP contribution in [-0.4, -0.2) is 62.3 Å². The van der Waals surface area contributed by atoms with Crippen LogP contribution in [0.1, 0.15) is 49.6 Å². The number of carbonyl (C=O) groups is 3. The minimum atomic E-state index is -1.12. The van der Waals surface area contributed by atoms with E-state index in [-0.39, 0.29) is 12.4 Å². The van der Waals surface area contributed by atoms with Crippen LogP contribution in [0.3, 0.4) is 0 Å². The summed E-state index contributed by atoms with van der Waals surface area (Å²) in [5.74, 6) is 10.5. The predicted octanol–water partition coefficient (Wildman–Crippen LogP) is 2.95. The van der Waals surface area contributed by atoms with E-state index < -0.39 is 42.4 Å². The number of hydrogen-bond acceptors (Lipinski definition) is 10. The van der Waals surface area contributed by atoms with Crippen molar-refractivity contribution in [3.8, 4) is 23.7 Å². The highest BCUT2D eigenvalue weighted by molar-refractivity contribution is 5.78. The number of esters is 3. The molecule has 216 valence electrons. The van der Waals surface area contributed by atoms with Gasteiger partial charge in [-0.3, -0.25) is 19.0 Å². The molecule has 0 spiro atoms. The zero-order chi connectivity index (χ0) is 30.3. The van der Waals surface area contributed by atoms with Crippen LogP contribution in [0.4, 0.5) is 0 Å². The highest BCUT2D eigenvalue weighted by Crippen LogP contribution is 2.36. The second-order valence-corrected chi connectivity index (χ2v) is 9.47. The molecule has 0 bridgehead atoms. The van der Waals surface area contributed by atoms with Gasteiger partial charge in [-0.15, -0.1) is 0 Å². The number of fused-ring (bicyclic) bond motifs is 1. The van der Waals surface area contributed by atoms with Gasteiger partial charge in [-0.05, 0) is 36.1 Å². The van der Waals surface area contributed by atoms with E-state index in [1.807, 2.05) is 60.7 Å². The first-order chi connectivity index (χ1) is 20.8. The Kier molecular flexibility index (Phi) is 8.75. The first-order valence-corrected chi connectivity index (χ1v) is 13.3. The molecule has 0 amide bonds. The van der Waals surface area contributed by atoms with E-state index in [0.717, 1.165) is 11.1 Å². The van der Waals surface area contributed by atoms with Crippen LogP contribution in [0.15, 0.2) is 67.0 Å². The number of rotatable bonds is 5. The summed E-state index contributed by atoms with van der Waals surface area (Å²) >= 11 is 0. The molecule has 4 atom stereocenters. The summed E-state index contributed by atoms with van der Waals surface area (Å²) in [5.41, 5.74) is 2.51. The molecule has 1 saturated heterocycles. The van der Waals surface area contributed by atoms with E-state index in [1.54, 1.807) is 0 Å². The Bertz CT molecular complexity index is 1780. The molecular weight excluding hydrogens is 552 g/mol. The Labute approximate surface area is 247 Å². The lowest BCUT2D eigenvalue weighted by molar-refractivity contribution is -0.166. The Morgan fingerprint density at radius 2 is 1.40 bits per heavy atom. The van der Waals surface area contributed by atoms with Crippen molar-refractivity contribution in [1.29, 1.82) is 0 Å². The van der Waals surface area contributed by atoms with Crippen molar-refractivity contribution < 1.29 is 33.3 Å². The number of imidazole rings is 1. The molecule has 0 unspecified atom stereocenters. The van der Waals surface area contributed by atoms with Crippen LogP contribution in [0.2, 0.25) is 0 Å². The molecule has 43 heavy (non-hydrogen) atoms. The molecule has 3 heterocycles. The van der Waals surface area contributed by atoms with Crippen molar-refractivity contribution in [3.05, 3.63) is 89.6 Å². The zero-order valence-electron chi connectivity index (χ0n) is 23.5. The third kappa shape index (κ3) is 7.04. The van der Waals surface area contributed by atoms with Crippen LogP contribution >= 0.6 is 0 Å². The normalized spacial score (nSPS) is 19.0. The minimum absolute atomic E-state index is 0.172. The molecule has 0 N–H and O–H groups in total. The van der Waals surface area contributed by atoms with E-state index >= 15 is 0 Å². The van der Waals surface area contributed by atoms with Gasteiger partial charge in [0.05, 0.1) is 6.33 Å². The molecule has 11 nitrogen and oxygen atoms in total. The molecule has 1 fully saturated rings. The molecule has 0 saturated carbocycles. The molecule has 2 aromatic carbocycles. The Hall–Kier alpha value is -5.52. The van der Waals surface area contributed by atoms with Crippen molar-refractivity contribution in [2.24, 2.45) is 0 Å². The first kappa shape index (κ1) is 29.0. The van der Waals surface area contributed by atoms with E-state index in [1.165, 1.54) is 31.7 Å². The largest absolute Gasteiger partial charge is 0.463 e. The number of benzene rings is 2. The lowest BCUT2D eigenvalue weighted by Crippen LogP contribution is -2.40. The molecule has 11 heteroatoms. The van der Waals surface area contributed by atoms with E-state index in [0.29, 0.717) is 16.9 Å². The smallest absolute Gasteiger partial charge is 0.303 e. The average Bonchev–Trinajstić information content (AvgIpc) is 3.55. The lowest BCUT2D eigenvalue weighted by atomic mass is 10.1. The number of nitrogens with zero attached hydrogens (tertiary/aromatic N) is 4. The minimum Gasteiger partial charge on any atom is -0.463 e. The van der Waals surface area contributed by atoms with Crippen molar-refractivity contribution >= 4 is 29.1 Å². The summed E-state index contributed by atoms with van der Waals surface area (Å²) in [6.07, 6.45) is -2.76. The van der Waals surface area contributed by atoms with Crippen molar-refractivity contribution in [2.45, 2.75) is 45.3 Å². The fraction of sp³-hybridized carbons (Fsp3) is 0.250. The van der Waals surface area contributed by atoms with Gasteiger partial charge in [-0.2, -0.15) is 0 Å². The summed E-state index contributed by atoms with van der Waals surface area (Å²) < 4.78 is 24.0. The third-order valence-electron chi connectivity index (χ3n) is 6.23. The highest BCUT2D eigenvalue weighted by Gasteiger charge is 2.51. The SMILES string of the molecule is CC(=O)OC[C@H]1O[C@@H](n2cnc3c(C#Cc4ccccc4)nc(C#Cc4ccccc4)nc32)[C@H](OC(C)=O)[C@@H]1OC(C)=O. The molecule has 0 radical (unpaired) electrons. The summed E-state index contributed by atoms with van der Waals surface area (Å²) in [5, 5.41) is 0. The standard InChI is InChI=1S/C32H26N4O7/c1-20(37)40-18-26-29(41-21(2)38)30(42-22(3)39)32(43-26)36-19-33-28-25(16-14-23-10-6-4-7-11-23)34-27(35-31(28)36)17-15-24-12-8-5-9-13-24/h4-13,19,26,29-30,32H,18H2,1-3H3/t26-,29-,30-,32-/m1/s1. The molecule has 0 aliphatic carbocycles. The number of hydrogen-bond donors (Lipinski definition) is 0. The van der Waals surface area contributed by atoms with Crippen molar-refractivity contribution in [2.75, 3.05) is 6.61 Å². The van der Waals surface area contributed by atoms with E-state index in [9.17, 15) is 14.4 Å². The van der Waals surface area contributed by atoms with E-state index in [4.69, 9.17) is 18.9 Å². The maximum absolute atomic E-state index is 12.1. The van der Waals surface area contributed by atoms with Gasteiger partial charge in [-0.25, -0.2) is 15.0 Å². The van der Waals surface area contributed by atoms with Gasteiger partial charge < -0.3 is 18.9 Å². The Morgan fingerprint density at radius 3 is 2.00 bits per heavy atom. The third-order valence-corrected chi connectivity index (χ3v) is 6.23. The van der Waals surface area contributed by atoms with Gasteiger partial charge in [0.15, 0.2) is 24.1 Å². The zero-order valence-corrected chi connectivity index (χ0v) is 23.5. The second-order valence-electron chi connectivity index (χ2n) is 9.47. The molecule has 1 aliphatic rings. The van der Waals surface area contributed by atoms with Gasteiger partial charge in [0.2, 0.25) is 5.82 Å². The monoisotopic (exact) mass is 578 g/mol. The molecule has 4 aromatic rings. The highest BCUT2D eigenvalue weighted by atomic mass is 16.7. The summed E-state index contributed by atoms with van der Waals surface area (Å²) in [6, 6.07) is 18.8. The quantitative estimate of drug-likeness (QED) is 0.198. The fourth-order valence-electron chi connectivity index (χ4n) is 4.46. The van der Waals surface area contributed by atoms with Crippen LogP contribution in [-0.2, 0) is 33.3 Å². The summed E-state index contributed by atoms with van der Waals surface area (Å²) in [7, 11) is 0. The molecule has 2 aromatic heterocycles. The molecule has 5 rings (SSSR count). The topological polar surface area (TPSA) is 132 Å². The van der Waals surface area contributed by atoms with E-state index in [2.05, 4.69) is 38.6 Å². The van der Waals surface area contributed by atoms with Crippen LogP contribution in [0.5, 0.6) is 0 Å². The van der Waals surface area contributed by atoms with Crippen LogP contribution < -0.4 is 0 Å². The van der Waals surface area contributed by atoms with Gasteiger partial charge in [-0.1, -0.05) is 48.2 Å². The number of ether oxygens (including phenoxy) is 4. The van der Waals surface area contributed by atoms with Gasteiger partial charge in [0.25, 0.3) is 0 Å². The van der Waals surface area contributed by atoms with Gasteiger partial charge >= 0.3 is 17.9 Å². The average molecular weight is 579 g/mol. The summed E-state index contributed by atoms with van der Waals surface area (Å²) in [4.78, 5) is 49.4. The Balaban J connectivity index is 1.63. The van der Waals surface area contributed by atoms with Crippen LogP contribution in [0, 0.1) is 23.7 Å². The van der Waals surface area contributed by atoms with Gasteiger partial charge in [0.1, 0.15) is 23.9 Å².